The second kappa shape index (κ2) is 6.24. The number of phenols is 1. The van der Waals surface area contributed by atoms with Crippen LogP contribution < -0.4 is 5.56 Å². The van der Waals surface area contributed by atoms with Crippen molar-refractivity contribution in [2.24, 2.45) is 5.92 Å². The third-order valence-electron chi connectivity index (χ3n) is 9.88. The number of benzene rings is 2. The van der Waals surface area contributed by atoms with Crippen molar-refractivity contribution in [2.75, 3.05) is 13.6 Å². The zero-order valence-electron chi connectivity index (χ0n) is 19.7. The Bertz CT molecular complexity index is 1500. The highest BCUT2D eigenvalue weighted by Crippen LogP contribution is 2.71. The predicted octanol–water partition coefficient (Wildman–Crippen LogP) is 2.86. The molecule has 3 aromatic rings. The van der Waals surface area contributed by atoms with Crippen molar-refractivity contribution in [1.29, 1.82) is 0 Å². The number of amides is 1. The van der Waals surface area contributed by atoms with Gasteiger partial charge >= 0.3 is 0 Å². The topological polar surface area (TPSA) is 76.6 Å². The number of carbonyl (C=O) groups is 1. The molecule has 3 heterocycles. The molecule has 1 saturated carbocycles. The standard InChI is InChI=1S/C29H27N3O3/c1-31-15-29-14-28(22-10-19(33)6-7-21(22)29)11-24-18(9-23(28)25(29)31)8-20(26(34)30-24)27(35)32-12-16-4-2-3-5-17(16)13-32/h2-8,10,23,25,33H,9,11-15H2,1H3,(H,30,34)/t23-,25-,28?,29?/m0/s1. The van der Waals surface area contributed by atoms with E-state index in [1.807, 2.05) is 30.3 Å². The molecule has 176 valence electrons. The van der Waals surface area contributed by atoms with E-state index in [1.165, 1.54) is 11.1 Å². The van der Waals surface area contributed by atoms with E-state index >= 15 is 0 Å². The van der Waals surface area contributed by atoms with E-state index in [-0.39, 0.29) is 27.9 Å². The summed E-state index contributed by atoms with van der Waals surface area (Å²) >= 11 is 0. The van der Waals surface area contributed by atoms with Crippen LogP contribution in [0, 0.1) is 5.92 Å². The number of nitrogens with zero attached hydrogens (tertiary/aromatic N) is 2. The molecule has 6 heteroatoms. The number of nitrogens with one attached hydrogen (secondary N) is 1. The van der Waals surface area contributed by atoms with Gasteiger partial charge in [-0.3, -0.25) is 9.59 Å². The summed E-state index contributed by atoms with van der Waals surface area (Å²) < 4.78 is 0. The fourth-order valence-corrected chi connectivity index (χ4v) is 8.71. The largest absolute Gasteiger partial charge is 0.508 e. The number of H-pyrrole nitrogens is 1. The first kappa shape index (κ1) is 19.9. The number of phenolic OH excluding ortho intramolecular Hbond substituents is 1. The fourth-order valence-electron chi connectivity index (χ4n) is 8.71. The lowest BCUT2D eigenvalue weighted by Gasteiger charge is -2.58. The van der Waals surface area contributed by atoms with Gasteiger partial charge in [0.1, 0.15) is 11.3 Å². The molecule has 2 bridgehead atoms. The zero-order valence-corrected chi connectivity index (χ0v) is 19.7. The van der Waals surface area contributed by atoms with Crippen molar-refractivity contribution in [3.63, 3.8) is 0 Å². The summed E-state index contributed by atoms with van der Waals surface area (Å²) in [5, 5.41) is 10.3. The number of rotatable bonds is 1. The van der Waals surface area contributed by atoms with Gasteiger partial charge in [-0.15, -0.1) is 0 Å². The lowest BCUT2D eigenvalue weighted by molar-refractivity contribution is -0.00145. The Balaban J connectivity index is 1.19. The van der Waals surface area contributed by atoms with Crippen molar-refractivity contribution in [1.82, 2.24) is 14.8 Å². The summed E-state index contributed by atoms with van der Waals surface area (Å²) in [5.41, 5.74) is 7.07. The highest BCUT2D eigenvalue weighted by Gasteiger charge is 2.74. The summed E-state index contributed by atoms with van der Waals surface area (Å²) in [6.45, 7) is 2.14. The zero-order chi connectivity index (χ0) is 23.7. The molecule has 6 nitrogen and oxygen atoms in total. The van der Waals surface area contributed by atoms with Crippen LogP contribution in [0.2, 0.25) is 0 Å². The third kappa shape index (κ3) is 2.29. The number of hydrogen-bond donors (Lipinski definition) is 2. The normalized spacial score (nSPS) is 31.3. The maximum atomic E-state index is 13.4. The maximum absolute atomic E-state index is 13.4. The van der Waals surface area contributed by atoms with Crippen LogP contribution in [0.15, 0.2) is 53.3 Å². The fraction of sp³-hybridized carbons (Fsp3) is 0.379. The van der Waals surface area contributed by atoms with E-state index in [9.17, 15) is 14.7 Å². The molecule has 1 amide bonds. The van der Waals surface area contributed by atoms with Crippen molar-refractivity contribution < 1.29 is 9.90 Å². The Morgan fingerprint density at radius 3 is 2.54 bits per heavy atom. The second-order valence-corrected chi connectivity index (χ2v) is 11.5. The maximum Gasteiger partial charge on any atom is 0.261 e. The number of likely N-dealkylation sites (tertiary alicyclic amines) is 1. The van der Waals surface area contributed by atoms with E-state index < -0.39 is 0 Å². The predicted molar refractivity (Wildman–Crippen MR) is 130 cm³/mol. The van der Waals surface area contributed by atoms with E-state index in [2.05, 4.69) is 35.1 Å². The van der Waals surface area contributed by atoms with E-state index in [1.54, 1.807) is 4.90 Å². The lowest BCUT2D eigenvalue weighted by atomic mass is 9.58. The third-order valence-corrected chi connectivity index (χ3v) is 9.88. The lowest BCUT2D eigenvalue weighted by Crippen LogP contribution is -2.66. The SMILES string of the molecule is CN1CC23CC4(Cc5[nH]c(=O)c(C(=O)N6Cc7ccccc7C6)cc5C[C@H]4[C@H]12)c1cc(O)ccc13. The summed E-state index contributed by atoms with van der Waals surface area (Å²) in [7, 11) is 2.22. The van der Waals surface area contributed by atoms with Gasteiger partial charge in [0.05, 0.1) is 0 Å². The molecule has 2 aromatic carbocycles. The van der Waals surface area contributed by atoms with Gasteiger partial charge in [0.2, 0.25) is 0 Å². The first-order valence-corrected chi connectivity index (χ1v) is 12.5. The van der Waals surface area contributed by atoms with Crippen molar-refractivity contribution in [3.8, 4) is 5.75 Å². The van der Waals surface area contributed by atoms with Gasteiger partial charge < -0.3 is 19.9 Å². The van der Waals surface area contributed by atoms with Crippen LogP contribution in [0.5, 0.6) is 5.75 Å². The number of aromatic hydroxyl groups is 1. The highest BCUT2D eigenvalue weighted by molar-refractivity contribution is 5.94. The molecule has 5 aliphatic rings. The number of fused-ring (bicyclic) bond motifs is 4. The Kier molecular flexibility index (Phi) is 3.54. The van der Waals surface area contributed by atoms with Gasteiger partial charge in [-0.05, 0) is 78.2 Å². The van der Waals surface area contributed by atoms with E-state index in [4.69, 9.17) is 0 Å². The molecule has 2 spiro atoms. The van der Waals surface area contributed by atoms with E-state index in [0.717, 1.165) is 48.2 Å². The smallest absolute Gasteiger partial charge is 0.261 e. The molecule has 8 rings (SSSR count). The minimum Gasteiger partial charge on any atom is -0.508 e. The molecule has 35 heavy (non-hydrogen) atoms. The van der Waals surface area contributed by atoms with Crippen LogP contribution in [0.4, 0.5) is 0 Å². The van der Waals surface area contributed by atoms with Crippen molar-refractivity contribution in [3.05, 3.63) is 98.0 Å². The molecule has 2 aliphatic heterocycles. The number of hydrogen-bond acceptors (Lipinski definition) is 4. The van der Waals surface area contributed by atoms with Crippen LogP contribution in [0.3, 0.4) is 0 Å². The first-order valence-electron chi connectivity index (χ1n) is 12.5. The van der Waals surface area contributed by atoms with Crippen LogP contribution >= 0.6 is 0 Å². The van der Waals surface area contributed by atoms with Crippen LogP contribution in [0.1, 0.15) is 50.3 Å². The number of aromatic amines is 1. The van der Waals surface area contributed by atoms with Gasteiger partial charge in [0.25, 0.3) is 11.5 Å². The monoisotopic (exact) mass is 465 g/mol. The summed E-state index contributed by atoms with van der Waals surface area (Å²) in [5.74, 6) is 0.538. The summed E-state index contributed by atoms with van der Waals surface area (Å²) in [4.78, 5) is 34.0. The molecule has 3 aliphatic carbocycles. The molecule has 4 atom stereocenters. The van der Waals surface area contributed by atoms with Gasteiger partial charge in [0.15, 0.2) is 0 Å². The Morgan fingerprint density at radius 2 is 1.80 bits per heavy atom. The Morgan fingerprint density at radius 1 is 1.03 bits per heavy atom. The minimum absolute atomic E-state index is 0.0679. The minimum atomic E-state index is -0.290. The summed E-state index contributed by atoms with van der Waals surface area (Å²) in [6, 6.07) is 16.4. The molecule has 0 radical (unpaired) electrons. The molecule has 1 aromatic heterocycles. The second-order valence-electron chi connectivity index (χ2n) is 11.5. The van der Waals surface area contributed by atoms with Crippen LogP contribution in [-0.2, 0) is 36.8 Å². The molecule has 2 unspecified atom stereocenters. The van der Waals surface area contributed by atoms with E-state index in [0.29, 0.717) is 30.8 Å². The quantitative estimate of drug-likeness (QED) is 0.580. The summed E-state index contributed by atoms with van der Waals surface area (Å²) in [6.07, 6.45) is 2.68. The molecule has 1 saturated heterocycles. The number of pyridine rings is 1. The molecule has 2 N–H and O–H groups in total. The molecular formula is C29H27N3O3. The van der Waals surface area contributed by atoms with Gasteiger partial charge in [0, 0.05) is 42.2 Å². The average Bonchev–Trinajstić information content (AvgIpc) is 3.45. The highest BCUT2D eigenvalue weighted by atomic mass is 16.3. The number of aromatic nitrogens is 1. The molecule has 2 fully saturated rings. The Labute approximate surface area is 203 Å². The average molecular weight is 466 g/mol. The molecular weight excluding hydrogens is 438 g/mol. The van der Waals surface area contributed by atoms with Crippen LogP contribution in [-0.4, -0.2) is 45.4 Å². The number of carbonyl (C=O) groups excluding carboxylic acids is 1. The number of likely N-dealkylation sites (N-methyl/N-ethyl adjacent to an activating group) is 1. The van der Waals surface area contributed by atoms with Gasteiger partial charge in [-0.1, -0.05) is 30.3 Å². The van der Waals surface area contributed by atoms with Gasteiger partial charge in [-0.25, -0.2) is 0 Å². The first-order chi connectivity index (χ1) is 16.9. The Hall–Kier alpha value is -3.38. The van der Waals surface area contributed by atoms with Crippen LogP contribution in [0.25, 0.3) is 0 Å². The van der Waals surface area contributed by atoms with Crippen molar-refractivity contribution >= 4 is 5.91 Å². The van der Waals surface area contributed by atoms with Crippen molar-refractivity contribution in [2.45, 2.75) is 49.2 Å². The van der Waals surface area contributed by atoms with Gasteiger partial charge in [-0.2, -0.15) is 0 Å².